The quantitative estimate of drug-likeness (QED) is 0.518. The van der Waals surface area contributed by atoms with Gasteiger partial charge in [0.1, 0.15) is 5.82 Å². The van der Waals surface area contributed by atoms with E-state index in [0.717, 1.165) is 5.56 Å². The van der Waals surface area contributed by atoms with Crippen LogP contribution in [0.1, 0.15) is 5.56 Å². The molecule has 1 aromatic rings. The van der Waals surface area contributed by atoms with Gasteiger partial charge in [-0.25, -0.2) is 4.39 Å². The lowest BCUT2D eigenvalue weighted by atomic mass is 10.2. The Morgan fingerprint density at radius 3 is 2.90 bits per heavy atom. The third kappa shape index (κ3) is 1.57. The third-order valence-electron chi connectivity index (χ3n) is 1.12. The van der Waals surface area contributed by atoms with E-state index in [1.54, 1.807) is 18.2 Å². The molecule has 0 atom stereocenters. The number of halogens is 1. The van der Waals surface area contributed by atoms with Crippen molar-refractivity contribution in [3.63, 3.8) is 0 Å². The number of benzene rings is 1. The van der Waals surface area contributed by atoms with Crippen LogP contribution in [0.15, 0.2) is 36.6 Å². The number of rotatable bonds is 1. The first kappa shape index (κ1) is 6.79. The largest absolute Gasteiger partial charge is 0.207 e. The first-order valence-electron chi connectivity index (χ1n) is 2.94. The van der Waals surface area contributed by atoms with Gasteiger partial charge in [0, 0.05) is 0 Å². The first-order chi connectivity index (χ1) is 4.83. The summed E-state index contributed by atoms with van der Waals surface area (Å²) in [5.41, 5.74) is 3.36. The smallest absolute Gasteiger partial charge is 0.123 e. The van der Waals surface area contributed by atoms with Crippen LogP contribution in [-0.2, 0) is 0 Å². The average Bonchev–Trinajstić information content (AvgIpc) is 1.88. The van der Waals surface area contributed by atoms with E-state index in [4.69, 9.17) is 0 Å². The van der Waals surface area contributed by atoms with Gasteiger partial charge in [-0.05, 0) is 23.8 Å². The number of hydrogen-bond donors (Lipinski definition) is 0. The maximum atomic E-state index is 12.4. The van der Waals surface area contributed by atoms with Crippen LogP contribution in [0, 0.1) is 5.82 Å². The molecule has 0 spiro atoms. The maximum absolute atomic E-state index is 12.4. The average molecular weight is 134 g/mol. The van der Waals surface area contributed by atoms with Gasteiger partial charge in [0.05, 0.1) is 0 Å². The molecule has 0 saturated heterocycles. The zero-order valence-electron chi connectivity index (χ0n) is 5.47. The fourth-order valence-corrected chi connectivity index (χ4v) is 0.714. The van der Waals surface area contributed by atoms with Crippen LogP contribution >= 0.6 is 0 Å². The van der Waals surface area contributed by atoms with Crippen molar-refractivity contribution in [1.29, 1.82) is 0 Å². The molecule has 0 aliphatic carbocycles. The SMILES string of the molecule is C=C=Cc1cccc(F)c1. The molecule has 0 bridgehead atoms. The van der Waals surface area contributed by atoms with Crippen LogP contribution in [0.3, 0.4) is 0 Å². The van der Waals surface area contributed by atoms with E-state index in [9.17, 15) is 4.39 Å². The predicted octanol–water partition coefficient (Wildman–Crippen LogP) is 2.62. The molecule has 1 aromatic carbocycles. The maximum Gasteiger partial charge on any atom is 0.123 e. The van der Waals surface area contributed by atoms with Crippen molar-refractivity contribution in [2.45, 2.75) is 0 Å². The zero-order valence-corrected chi connectivity index (χ0v) is 5.47. The van der Waals surface area contributed by atoms with Crippen LogP contribution in [0.2, 0.25) is 0 Å². The molecule has 10 heavy (non-hydrogen) atoms. The van der Waals surface area contributed by atoms with Gasteiger partial charge >= 0.3 is 0 Å². The second kappa shape index (κ2) is 3.00. The van der Waals surface area contributed by atoms with Gasteiger partial charge in [0.2, 0.25) is 0 Å². The molecule has 0 aliphatic heterocycles. The fourth-order valence-electron chi connectivity index (χ4n) is 0.714. The fraction of sp³-hybridized carbons (Fsp3) is 0. The highest BCUT2D eigenvalue weighted by Crippen LogP contribution is 2.03. The Labute approximate surface area is 59.3 Å². The summed E-state index contributed by atoms with van der Waals surface area (Å²) in [6, 6.07) is 6.28. The summed E-state index contributed by atoms with van der Waals surface area (Å²) in [5.74, 6) is -0.232. The minimum Gasteiger partial charge on any atom is -0.207 e. The van der Waals surface area contributed by atoms with E-state index in [-0.39, 0.29) is 5.82 Å². The topological polar surface area (TPSA) is 0 Å². The molecule has 0 heterocycles. The van der Waals surface area contributed by atoms with Gasteiger partial charge in [0.15, 0.2) is 0 Å². The molecule has 0 saturated carbocycles. The monoisotopic (exact) mass is 134 g/mol. The molecule has 0 aliphatic rings. The van der Waals surface area contributed by atoms with Crippen molar-refractivity contribution in [3.8, 4) is 0 Å². The van der Waals surface area contributed by atoms with Gasteiger partial charge in [-0.2, -0.15) is 0 Å². The highest BCUT2D eigenvalue weighted by Gasteiger charge is 1.87. The summed E-state index contributed by atoms with van der Waals surface area (Å²) in [6.07, 6.45) is 1.63. The summed E-state index contributed by atoms with van der Waals surface area (Å²) in [6.45, 7) is 3.38. The standard InChI is InChI=1S/C9H7F/c1-2-4-8-5-3-6-9(10)7-8/h3-7H,1H2. The van der Waals surface area contributed by atoms with E-state index in [1.807, 2.05) is 0 Å². The summed E-state index contributed by atoms with van der Waals surface area (Å²) in [7, 11) is 0. The van der Waals surface area contributed by atoms with Crippen LogP contribution in [0.25, 0.3) is 6.08 Å². The Balaban J connectivity index is 3.06. The molecule has 0 amide bonds. The summed E-state index contributed by atoms with van der Waals surface area (Å²) < 4.78 is 12.4. The van der Waals surface area contributed by atoms with Crippen molar-refractivity contribution in [1.82, 2.24) is 0 Å². The van der Waals surface area contributed by atoms with E-state index in [0.29, 0.717) is 0 Å². The van der Waals surface area contributed by atoms with E-state index < -0.39 is 0 Å². The van der Waals surface area contributed by atoms with Crippen molar-refractivity contribution in [3.05, 3.63) is 48.0 Å². The van der Waals surface area contributed by atoms with Crippen LogP contribution in [0.5, 0.6) is 0 Å². The second-order valence-electron chi connectivity index (χ2n) is 1.90. The Hall–Kier alpha value is -1.33. The van der Waals surface area contributed by atoms with Crippen LogP contribution < -0.4 is 0 Å². The molecule has 0 radical (unpaired) electrons. The van der Waals surface area contributed by atoms with Gasteiger partial charge in [-0.15, -0.1) is 5.73 Å². The van der Waals surface area contributed by atoms with Crippen molar-refractivity contribution < 1.29 is 4.39 Å². The van der Waals surface area contributed by atoms with Gasteiger partial charge < -0.3 is 0 Å². The Bertz CT molecular complexity index is 270. The van der Waals surface area contributed by atoms with Gasteiger partial charge in [-0.1, -0.05) is 18.7 Å². The molecule has 0 fully saturated rings. The molecule has 0 N–H and O–H groups in total. The Kier molecular flexibility index (Phi) is 2.03. The van der Waals surface area contributed by atoms with Crippen molar-refractivity contribution >= 4 is 6.08 Å². The first-order valence-corrected chi connectivity index (χ1v) is 2.94. The van der Waals surface area contributed by atoms with E-state index in [2.05, 4.69) is 12.3 Å². The van der Waals surface area contributed by atoms with Crippen LogP contribution in [0.4, 0.5) is 4.39 Å². The Morgan fingerprint density at radius 2 is 2.30 bits per heavy atom. The predicted molar refractivity (Wildman–Crippen MR) is 40.0 cm³/mol. The molecule has 1 heteroatoms. The molecule has 0 unspecified atom stereocenters. The lowest BCUT2D eigenvalue weighted by Gasteiger charge is -1.89. The molecule has 50 valence electrons. The second-order valence-corrected chi connectivity index (χ2v) is 1.90. The molecule has 0 aromatic heterocycles. The third-order valence-corrected chi connectivity index (χ3v) is 1.12. The Morgan fingerprint density at radius 1 is 1.50 bits per heavy atom. The lowest BCUT2D eigenvalue weighted by Crippen LogP contribution is -1.73. The highest BCUT2D eigenvalue weighted by molar-refractivity contribution is 5.47. The van der Waals surface area contributed by atoms with Crippen molar-refractivity contribution in [2.75, 3.05) is 0 Å². The highest BCUT2D eigenvalue weighted by atomic mass is 19.1. The van der Waals surface area contributed by atoms with Gasteiger partial charge in [0.25, 0.3) is 0 Å². The minimum atomic E-state index is -0.232. The summed E-state index contributed by atoms with van der Waals surface area (Å²) in [4.78, 5) is 0. The van der Waals surface area contributed by atoms with E-state index in [1.165, 1.54) is 12.1 Å². The molecular formula is C9H7F. The molecule has 1 rings (SSSR count). The molecule has 0 nitrogen and oxygen atoms in total. The van der Waals surface area contributed by atoms with Crippen molar-refractivity contribution in [2.24, 2.45) is 0 Å². The minimum absolute atomic E-state index is 0.232. The molecular weight excluding hydrogens is 127 g/mol. The number of hydrogen-bond acceptors (Lipinski definition) is 0. The summed E-state index contributed by atoms with van der Waals surface area (Å²) in [5, 5.41) is 0. The normalized spacial score (nSPS) is 8.50. The van der Waals surface area contributed by atoms with Crippen LogP contribution in [-0.4, -0.2) is 0 Å². The van der Waals surface area contributed by atoms with E-state index >= 15 is 0 Å². The lowest BCUT2D eigenvalue weighted by molar-refractivity contribution is 0.627. The van der Waals surface area contributed by atoms with Gasteiger partial charge in [-0.3, -0.25) is 0 Å². The summed E-state index contributed by atoms with van der Waals surface area (Å²) >= 11 is 0. The zero-order chi connectivity index (χ0) is 7.40.